The Morgan fingerprint density at radius 3 is 2.88 bits per heavy atom. The second-order valence-corrected chi connectivity index (χ2v) is 6.62. The molecule has 136 valence electrons. The summed E-state index contributed by atoms with van der Waals surface area (Å²) in [5.41, 5.74) is 5.61. The van der Waals surface area contributed by atoms with Crippen molar-refractivity contribution in [2.75, 3.05) is 13.7 Å². The summed E-state index contributed by atoms with van der Waals surface area (Å²) in [6, 6.07) is 5.09. The molecule has 0 bridgehead atoms. The Bertz CT molecular complexity index is 837. The number of thioether (sulfide) groups is 1. The summed E-state index contributed by atoms with van der Waals surface area (Å²) in [6.45, 7) is -0.273. The van der Waals surface area contributed by atoms with Crippen LogP contribution in [0.15, 0.2) is 43.9 Å². The Labute approximate surface area is 160 Å². The highest BCUT2D eigenvalue weighted by atomic mass is 79.9. The molecule has 0 unspecified atom stereocenters. The van der Waals surface area contributed by atoms with Gasteiger partial charge in [0.25, 0.3) is 11.8 Å². The van der Waals surface area contributed by atoms with E-state index in [1.165, 1.54) is 13.3 Å². The lowest BCUT2D eigenvalue weighted by Gasteiger charge is -2.07. The first-order valence-corrected chi connectivity index (χ1v) is 8.60. The third kappa shape index (κ3) is 5.70. The lowest BCUT2D eigenvalue weighted by atomic mass is 10.2. The number of hydrogen-bond donors (Lipinski definition) is 2. The van der Waals surface area contributed by atoms with Gasteiger partial charge in [-0.2, -0.15) is 5.10 Å². The highest BCUT2D eigenvalue weighted by molar-refractivity contribution is 9.10. The van der Waals surface area contributed by atoms with Crippen molar-refractivity contribution >= 4 is 56.9 Å². The number of esters is 1. The van der Waals surface area contributed by atoms with E-state index in [0.29, 0.717) is 11.3 Å². The van der Waals surface area contributed by atoms with Gasteiger partial charge in [0.2, 0.25) is 0 Å². The maximum absolute atomic E-state index is 11.7. The van der Waals surface area contributed by atoms with Crippen molar-refractivity contribution in [3.05, 3.63) is 39.2 Å². The molecule has 0 radical (unpaired) electrons. The van der Waals surface area contributed by atoms with Crippen LogP contribution in [0.3, 0.4) is 0 Å². The maximum Gasteiger partial charge on any atom is 0.331 e. The van der Waals surface area contributed by atoms with Crippen molar-refractivity contribution in [1.29, 1.82) is 0 Å². The molecule has 1 aliphatic heterocycles. The van der Waals surface area contributed by atoms with Gasteiger partial charge < -0.3 is 15.2 Å². The predicted molar refractivity (Wildman–Crippen MR) is 99.7 cm³/mol. The Balaban J connectivity index is 2.13. The number of hydrogen-bond acceptors (Lipinski definition) is 8. The fourth-order valence-electron chi connectivity index (χ4n) is 1.69. The van der Waals surface area contributed by atoms with Crippen LogP contribution in [0, 0.1) is 0 Å². The Morgan fingerprint density at radius 2 is 2.19 bits per heavy atom. The van der Waals surface area contributed by atoms with Gasteiger partial charge in [-0.25, -0.2) is 4.79 Å². The van der Waals surface area contributed by atoms with Gasteiger partial charge in [0.05, 0.1) is 18.2 Å². The number of carbonyl (C=O) groups is 3. The van der Waals surface area contributed by atoms with Crippen LogP contribution in [-0.4, -0.2) is 42.9 Å². The van der Waals surface area contributed by atoms with Crippen LogP contribution < -0.4 is 15.8 Å². The van der Waals surface area contributed by atoms with Crippen LogP contribution >= 0.6 is 27.7 Å². The predicted octanol–water partition coefficient (Wildman–Crippen LogP) is 0.923. The zero-order chi connectivity index (χ0) is 19.1. The lowest BCUT2D eigenvalue weighted by Crippen LogP contribution is -2.20. The number of halogens is 1. The number of rotatable bonds is 6. The van der Waals surface area contributed by atoms with Crippen LogP contribution in [0.5, 0.6) is 5.75 Å². The van der Waals surface area contributed by atoms with Crippen LogP contribution in [0.1, 0.15) is 5.56 Å². The molecule has 0 atom stereocenters. The van der Waals surface area contributed by atoms with Crippen molar-refractivity contribution in [3.63, 3.8) is 0 Å². The standard InChI is InChI=1S/C15H13BrN4O5S/c1-24-13(22)5-11-14(23)19-15(26-11)20-18-6-8-4-9(16)2-3-10(8)25-7-12(17)21/h2-6H,7H2,1H3,(H2,17,21)(H,19,20,23)/b11-5+,18-6?. The van der Waals surface area contributed by atoms with E-state index < -0.39 is 17.8 Å². The van der Waals surface area contributed by atoms with Crippen molar-refractivity contribution in [2.45, 2.75) is 0 Å². The third-order valence-electron chi connectivity index (χ3n) is 2.79. The van der Waals surface area contributed by atoms with Crippen LogP contribution in [0.2, 0.25) is 0 Å². The average molecular weight is 441 g/mol. The van der Waals surface area contributed by atoms with Gasteiger partial charge in [-0.05, 0) is 30.0 Å². The number of methoxy groups -OCH3 is 1. The summed E-state index contributed by atoms with van der Waals surface area (Å²) in [5.74, 6) is -1.32. The monoisotopic (exact) mass is 440 g/mol. The highest BCUT2D eigenvalue weighted by Crippen LogP contribution is 2.24. The molecule has 0 aliphatic carbocycles. The number of nitrogens with zero attached hydrogens (tertiary/aromatic N) is 2. The van der Waals surface area contributed by atoms with Crippen LogP contribution in [0.25, 0.3) is 0 Å². The number of ether oxygens (including phenoxy) is 2. The van der Waals surface area contributed by atoms with Gasteiger partial charge >= 0.3 is 5.97 Å². The summed E-state index contributed by atoms with van der Waals surface area (Å²) in [4.78, 5) is 33.9. The minimum absolute atomic E-state index is 0.152. The molecule has 1 saturated heterocycles. The molecule has 0 saturated carbocycles. The van der Waals surface area contributed by atoms with Crippen molar-refractivity contribution in [1.82, 2.24) is 5.32 Å². The lowest BCUT2D eigenvalue weighted by molar-refractivity contribution is -0.135. The van der Waals surface area contributed by atoms with E-state index in [1.807, 2.05) is 0 Å². The molecule has 0 spiro atoms. The second kappa shape index (κ2) is 9.15. The molecule has 1 aromatic carbocycles. The SMILES string of the molecule is COC(=O)/C=C1/S/C(=N\N=Cc2cc(Br)ccc2OCC(N)=O)NC1=O. The van der Waals surface area contributed by atoms with Crippen molar-refractivity contribution in [3.8, 4) is 5.75 Å². The normalized spacial score (nSPS) is 16.9. The number of benzene rings is 1. The molecular weight excluding hydrogens is 428 g/mol. The van der Waals surface area contributed by atoms with Gasteiger partial charge in [0.15, 0.2) is 11.8 Å². The van der Waals surface area contributed by atoms with Gasteiger partial charge in [-0.3, -0.25) is 14.9 Å². The largest absolute Gasteiger partial charge is 0.483 e. The van der Waals surface area contributed by atoms with Gasteiger partial charge in [-0.15, -0.1) is 5.10 Å². The average Bonchev–Trinajstić information content (AvgIpc) is 2.93. The van der Waals surface area contributed by atoms with Crippen LogP contribution in [-0.2, 0) is 19.1 Å². The summed E-state index contributed by atoms with van der Waals surface area (Å²) in [6.07, 6.45) is 2.46. The number of amides is 2. The molecule has 1 heterocycles. The molecule has 0 aromatic heterocycles. The summed E-state index contributed by atoms with van der Waals surface area (Å²) in [5, 5.41) is 10.4. The molecule has 9 nitrogen and oxygen atoms in total. The number of amidine groups is 1. The van der Waals surface area contributed by atoms with Gasteiger partial charge in [0, 0.05) is 16.1 Å². The molecule has 1 aromatic rings. The van der Waals surface area contributed by atoms with Crippen LogP contribution in [0.4, 0.5) is 0 Å². The first kappa shape index (κ1) is 19.7. The quantitative estimate of drug-likeness (QED) is 0.292. The van der Waals surface area contributed by atoms with Gasteiger partial charge in [0.1, 0.15) is 5.75 Å². The summed E-state index contributed by atoms with van der Waals surface area (Å²) < 4.78 is 10.5. The van der Waals surface area contributed by atoms with E-state index in [1.54, 1.807) is 18.2 Å². The molecular formula is C15H13BrN4O5S. The molecule has 1 fully saturated rings. The first-order chi connectivity index (χ1) is 12.4. The summed E-state index contributed by atoms with van der Waals surface area (Å²) in [7, 11) is 1.21. The Kier molecular flexibility index (Phi) is 6.92. The Hall–Kier alpha value is -2.66. The molecule has 11 heteroatoms. The maximum atomic E-state index is 11.7. The number of nitrogens with one attached hydrogen (secondary N) is 1. The van der Waals surface area contributed by atoms with E-state index >= 15 is 0 Å². The minimum atomic E-state index is -0.641. The van der Waals surface area contributed by atoms with Crippen molar-refractivity contribution in [2.24, 2.45) is 15.9 Å². The van der Waals surface area contributed by atoms with E-state index in [0.717, 1.165) is 22.3 Å². The zero-order valence-electron chi connectivity index (χ0n) is 13.4. The summed E-state index contributed by atoms with van der Waals surface area (Å²) >= 11 is 4.28. The molecule has 26 heavy (non-hydrogen) atoms. The fraction of sp³-hybridized carbons (Fsp3) is 0.133. The molecule has 2 amide bonds. The van der Waals surface area contributed by atoms with E-state index in [9.17, 15) is 14.4 Å². The number of nitrogens with two attached hydrogens (primary N) is 1. The second-order valence-electron chi connectivity index (χ2n) is 4.67. The first-order valence-electron chi connectivity index (χ1n) is 6.99. The smallest absolute Gasteiger partial charge is 0.331 e. The third-order valence-corrected chi connectivity index (χ3v) is 4.18. The topological polar surface area (TPSA) is 132 Å². The minimum Gasteiger partial charge on any atom is -0.483 e. The number of carbonyl (C=O) groups excluding carboxylic acids is 3. The molecule has 3 N–H and O–H groups in total. The molecule has 1 aliphatic rings. The Morgan fingerprint density at radius 1 is 1.42 bits per heavy atom. The molecule has 2 rings (SSSR count). The fourth-order valence-corrected chi connectivity index (χ4v) is 2.80. The van der Waals surface area contributed by atoms with Crippen molar-refractivity contribution < 1.29 is 23.9 Å². The number of primary amides is 1. The van der Waals surface area contributed by atoms with E-state index in [4.69, 9.17) is 10.5 Å². The van der Waals surface area contributed by atoms with Gasteiger partial charge in [-0.1, -0.05) is 15.9 Å². The van der Waals surface area contributed by atoms with E-state index in [-0.39, 0.29) is 16.7 Å². The van der Waals surface area contributed by atoms with E-state index in [2.05, 4.69) is 36.2 Å². The zero-order valence-corrected chi connectivity index (χ0v) is 15.8. The highest BCUT2D eigenvalue weighted by Gasteiger charge is 2.25.